The van der Waals surface area contributed by atoms with Gasteiger partial charge in [0.05, 0.1) is 10.4 Å². The molecule has 2 aromatic carbocycles. The van der Waals surface area contributed by atoms with Crippen molar-refractivity contribution < 1.29 is 9.63 Å². The third kappa shape index (κ3) is 4.40. The summed E-state index contributed by atoms with van der Waals surface area (Å²) in [7, 11) is 0. The Hall–Kier alpha value is -2.24. The van der Waals surface area contributed by atoms with Crippen molar-refractivity contribution in [3.8, 4) is 0 Å². The standard InChI is InChI=1S/C19H14BrNO2S/c20-16-9-4-8-15(13-16)19(22)23-21-17(18-10-5-11-24-18)12-14-6-2-1-3-7-14/h1-11,13H,12H2/b21-17+. The van der Waals surface area contributed by atoms with Crippen molar-refractivity contribution in [1.82, 2.24) is 0 Å². The van der Waals surface area contributed by atoms with Gasteiger partial charge in [-0.15, -0.1) is 11.3 Å². The Kier molecular flexibility index (Phi) is 5.56. The summed E-state index contributed by atoms with van der Waals surface area (Å²) in [4.78, 5) is 18.3. The van der Waals surface area contributed by atoms with Crippen LogP contribution in [0.25, 0.3) is 0 Å². The summed E-state index contributed by atoms with van der Waals surface area (Å²) in [5, 5.41) is 6.11. The summed E-state index contributed by atoms with van der Waals surface area (Å²) in [6.45, 7) is 0. The smallest absolute Gasteiger partial charge is 0.312 e. The molecule has 0 N–H and O–H groups in total. The number of hydrogen-bond acceptors (Lipinski definition) is 4. The van der Waals surface area contributed by atoms with E-state index in [4.69, 9.17) is 4.84 Å². The highest BCUT2D eigenvalue weighted by molar-refractivity contribution is 9.10. The number of carbonyl (C=O) groups is 1. The quantitative estimate of drug-likeness (QED) is 0.331. The molecule has 3 aromatic rings. The lowest BCUT2D eigenvalue weighted by molar-refractivity contribution is 0.0516. The maximum atomic E-state index is 12.2. The summed E-state index contributed by atoms with van der Waals surface area (Å²) >= 11 is 4.91. The molecular weight excluding hydrogens is 386 g/mol. The number of carbonyl (C=O) groups excluding carboxylic acids is 1. The minimum absolute atomic E-state index is 0.457. The molecule has 0 fully saturated rings. The van der Waals surface area contributed by atoms with Crippen LogP contribution in [0.2, 0.25) is 0 Å². The molecule has 0 amide bonds. The van der Waals surface area contributed by atoms with Gasteiger partial charge in [0.1, 0.15) is 5.71 Å². The van der Waals surface area contributed by atoms with Gasteiger partial charge in [0.2, 0.25) is 0 Å². The van der Waals surface area contributed by atoms with E-state index >= 15 is 0 Å². The van der Waals surface area contributed by atoms with Gasteiger partial charge in [0.15, 0.2) is 0 Å². The van der Waals surface area contributed by atoms with Gasteiger partial charge in [-0.2, -0.15) is 0 Å². The van der Waals surface area contributed by atoms with Gasteiger partial charge in [0.25, 0.3) is 0 Å². The molecule has 0 bridgehead atoms. The highest BCUT2D eigenvalue weighted by Gasteiger charge is 2.11. The second-order valence-corrected chi connectivity index (χ2v) is 6.93. The lowest BCUT2D eigenvalue weighted by atomic mass is 10.1. The molecule has 3 rings (SSSR count). The average molecular weight is 400 g/mol. The SMILES string of the molecule is O=C(O/N=C(\Cc1ccccc1)c1cccs1)c1cccc(Br)c1. The Bertz CT molecular complexity index is 845. The monoisotopic (exact) mass is 399 g/mol. The molecule has 0 saturated carbocycles. The minimum atomic E-state index is -0.474. The molecule has 0 aliphatic heterocycles. The fraction of sp³-hybridized carbons (Fsp3) is 0.0526. The van der Waals surface area contributed by atoms with E-state index in [0.717, 1.165) is 20.6 Å². The molecule has 0 spiro atoms. The van der Waals surface area contributed by atoms with Crippen molar-refractivity contribution in [2.75, 3.05) is 0 Å². The van der Waals surface area contributed by atoms with Crippen LogP contribution in [-0.2, 0) is 11.3 Å². The molecule has 0 radical (unpaired) electrons. The van der Waals surface area contributed by atoms with Crippen LogP contribution in [0.3, 0.4) is 0 Å². The van der Waals surface area contributed by atoms with Crippen molar-refractivity contribution >= 4 is 38.9 Å². The van der Waals surface area contributed by atoms with Crippen molar-refractivity contribution in [2.24, 2.45) is 5.16 Å². The number of benzene rings is 2. The topological polar surface area (TPSA) is 38.7 Å². The van der Waals surface area contributed by atoms with Crippen LogP contribution < -0.4 is 0 Å². The number of oxime groups is 1. The molecule has 24 heavy (non-hydrogen) atoms. The minimum Gasteiger partial charge on any atom is -0.312 e. The van der Waals surface area contributed by atoms with Crippen molar-refractivity contribution in [3.05, 3.63) is 92.6 Å². The van der Waals surface area contributed by atoms with Crippen LogP contribution in [-0.4, -0.2) is 11.7 Å². The molecule has 5 heteroatoms. The second-order valence-electron chi connectivity index (χ2n) is 5.07. The van der Waals surface area contributed by atoms with E-state index in [1.807, 2.05) is 53.9 Å². The Labute approximate surface area is 152 Å². The fourth-order valence-corrected chi connectivity index (χ4v) is 3.27. The molecule has 1 aromatic heterocycles. The van der Waals surface area contributed by atoms with Crippen molar-refractivity contribution in [1.29, 1.82) is 0 Å². The highest BCUT2D eigenvalue weighted by atomic mass is 79.9. The van der Waals surface area contributed by atoms with Crippen LogP contribution in [0.15, 0.2) is 81.7 Å². The van der Waals surface area contributed by atoms with E-state index < -0.39 is 5.97 Å². The van der Waals surface area contributed by atoms with Crippen LogP contribution in [0.5, 0.6) is 0 Å². The van der Waals surface area contributed by atoms with Crippen LogP contribution in [0, 0.1) is 0 Å². The molecule has 0 saturated heterocycles. The summed E-state index contributed by atoms with van der Waals surface area (Å²) in [6.07, 6.45) is 0.604. The first-order chi connectivity index (χ1) is 11.7. The van der Waals surface area contributed by atoms with Crippen molar-refractivity contribution in [2.45, 2.75) is 6.42 Å². The zero-order chi connectivity index (χ0) is 16.8. The first kappa shape index (κ1) is 16.6. The van der Waals surface area contributed by atoms with Gasteiger partial charge >= 0.3 is 5.97 Å². The predicted molar refractivity (Wildman–Crippen MR) is 101 cm³/mol. The van der Waals surface area contributed by atoms with Gasteiger partial charge in [-0.1, -0.05) is 63.6 Å². The molecule has 0 aliphatic carbocycles. The number of thiophene rings is 1. The highest BCUT2D eigenvalue weighted by Crippen LogP contribution is 2.16. The zero-order valence-corrected chi connectivity index (χ0v) is 15.1. The molecule has 0 aliphatic rings. The van der Waals surface area contributed by atoms with Gasteiger partial charge in [-0.05, 0) is 35.2 Å². The second kappa shape index (κ2) is 8.04. The van der Waals surface area contributed by atoms with E-state index in [9.17, 15) is 4.79 Å². The average Bonchev–Trinajstić information content (AvgIpc) is 3.13. The Morgan fingerprint density at radius 1 is 1.04 bits per heavy atom. The summed E-state index contributed by atoms with van der Waals surface area (Å²) in [5.74, 6) is -0.474. The van der Waals surface area contributed by atoms with Gasteiger partial charge in [0, 0.05) is 10.9 Å². The van der Waals surface area contributed by atoms with Crippen molar-refractivity contribution in [3.63, 3.8) is 0 Å². The lowest BCUT2D eigenvalue weighted by Gasteiger charge is -2.05. The molecule has 3 nitrogen and oxygen atoms in total. The first-order valence-electron chi connectivity index (χ1n) is 7.34. The van der Waals surface area contributed by atoms with Crippen LogP contribution in [0.4, 0.5) is 0 Å². The van der Waals surface area contributed by atoms with Gasteiger partial charge in [-0.25, -0.2) is 4.79 Å². The third-order valence-corrected chi connectivity index (χ3v) is 4.73. The van der Waals surface area contributed by atoms with Gasteiger partial charge < -0.3 is 4.84 Å². The Morgan fingerprint density at radius 2 is 1.88 bits per heavy atom. The number of nitrogens with zero attached hydrogens (tertiary/aromatic N) is 1. The summed E-state index contributed by atoms with van der Waals surface area (Å²) in [6, 6.07) is 21.0. The summed E-state index contributed by atoms with van der Waals surface area (Å²) in [5.41, 5.74) is 2.31. The van der Waals surface area contributed by atoms with Gasteiger partial charge in [-0.3, -0.25) is 0 Å². The fourth-order valence-electron chi connectivity index (χ4n) is 2.16. The number of halogens is 1. The zero-order valence-electron chi connectivity index (χ0n) is 12.7. The normalized spacial score (nSPS) is 11.3. The van der Waals surface area contributed by atoms with E-state index in [2.05, 4.69) is 21.1 Å². The lowest BCUT2D eigenvalue weighted by Crippen LogP contribution is -2.08. The maximum Gasteiger partial charge on any atom is 0.365 e. The largest absolute Gasteiger partial charge is 0.365 e. The van der Waals surface area contributed by atoms with E-state index in [0.29, 0.717) is 12.0 Å². The van der Waals surface area contributed by atoms with E-state index in [1.165, 1.54) is 0 Å². The predicted octanol–water partition coefficient (Wildman–Crippen LogP) is 5.31. The summed E-state index contributed by atoms with van der Waals surface area (Å²) < 4.78 is 0.823. The molecule has 120 valence electrons. The van der Waals surface area contributed by atoms with Crippen LogP contribution in [0.1, 0.15) is 20.8 Å². The molecule has 1 heterocycles. The third-order valence-electron chi connectivity index (χ3n) is 3.32. The molecule has 0 atom stereocenters. The Morgan fingerprint density at radius 3 is 2.58 bits per heavy atom. The van der Waals surface area contributed by atoms with E-state index in [1.54, 1.807) is 29.5 Å². The van der Waals surface area contributed by atoms with E-state index in [-0.39, 0.29) is 0 Å². The molecular formula is C19H14BrNO2S. The first-order valence-corrected chi connectivity index (χ1v) is 9.01. The molecule has 0 unspecified atom stereocenters. The van der Waals surface area contributed by atoms with Crippen LogP contribution >= 0.6 is 27.3 Å². The Balaban J connectivity index is 1.80. The number of hydrogen-bond donors (Lipinski definition) is 0. The maximum absolute atomic E-state index is 12.2. The number of rotatable bonds is 5.